The lowest BCUT2D eigenvalue weighted by Crippen LogP contribution is -2.51. The fourth-order valence-electron chi connectivity index (χ4n) is 4.65. The molecule has 0 saturated heterocycles. The van der Waals surface area contributed by atoms with E-state index in [0.29, 0.717) is 49.6 Å². The van der Waals surface area contributed by atoms with E-state index in [1.165, 1.54) is 4.31 Å². The first-order valence-electron chi connectivity index (χ1n) is 11.3. The zero-order valence-corrected chi connectivity index (χ0v) is 19.4. The fourth-order valence-corrected chi connectivity index (χ4v) is 6.42. The number of carbonyl (C=O) groups is 1. The van der Waals surface area contributed by atoms with Gasteiger partial charge < -0.3 is 9.64 Å². The van der Waals surface area contributed by atoms with E-state index in [1.54, 1.807) is 36.2 Å². The summed E-state index contributed by atoms with van der Waals surface area (Å²) in [6.45, 7) is 0.605. The quantitative estimate of drug-likeness (QED) is 0.649. The third-order valence-electron chi connectivity index (χ3n) is 6.38. The van der Waals surface area contributed by atoms with Gasteiger partial charge in [0.1, 0.15) is 28.4 Å². The van der Waals surface area contributed by atoms with Crippen molar-refractivity contribution in [3.8, 4) is 5.75 Å². The fraction of sp³-hybridized carbons (Fsp3) is 0.458. The zero-order valence-electron chi connectivity index (χ0n) is 18.5. The molecule has 0 aromatic heterocycles. The molecule has 1 heterocycles. The number of hydrogen-bond acceptors (Lipinski definition) is 4. The van der Waals surface area contributed by atoms with E-state index in [-0.39, 0.29) is 12.5 Å². The lowest BCUT2D eigenvalue weighted by Gasteiger charge is -2.39. The molecule has 0 unspecified atom stereocenters. The van der Waals surface area contributed by atoms with Crippen LogP contribution in [-0.2, 0) is 10.0 Å². The van der Waals surface area contributed by atoms with Gasteiger partial charge in [-0.3, -0.25) is 4.79 Å². The molecule has 33 heavy (non-hydrogen) atoms. The molecule has 2 aromatic rings. The Balaban J connectivity index is 1.76. The molecule has 0 bridgehead atoms. The van der Waals surface area contributed by atoms with Gasteiger partial charge in [0.15, 0.2) is 0 Å². The third-order valence-corrected chi connectivity index (χ3v) is 8.34. The van der Waals surface area contributed by atoms with Crippen LogP contribution in [0, 0.1) is 11.6 Å². The van der Waals surface area contributed by atoms with Crippen LogP contribution >= 0.6 is 0 Å². The van der Waals surface area contributed by atoms with Crippen LogP contribution in [0.25, 0.3) is 0 Å². The topological polar surface area (TPSA) is 66.9 Å². The molecular weight excluding hydrogens is 450 g/mol. The summed E-state index contributed by atoms with van der Waals surface area (Å²) in [7, 11) is -2.53. The average molecular weight is 479 g/mol. The first kappa shape index (κ1) is 23.6. The van der Waals surface area contributed by atoms with Crippen LogP contribution in [0.15, 0.2) is 47.4 Å². The van der Waals surface area contributed by atoms with E-state index >= 15 is 0 Å². The molecule has 0 N–H and O–H groups in total. The van der Waals surface area contributed by atoms with E-state index in [4.69, 9.17) is 4.74 Å². The number of ether oxygens (including phenoxy) is 1. The SMILES string of the molecule is CN1CCCCN(S(=O)(=O)c2ccc(F)cc2F)[C@@H]2CCCC[C@@H]2Oc2ccccc2C1=O. The summed E-state index contributed by atoms with van der Waals surface area (Å²) < 4.78 is 62.8. The van der Waals surface area contributed by atoms with Crippen molar-refractivity contribution in [1.29, 1.82) is 0 Å². The number of carbonyl (C=O) groups excluding carboxylic acids is 1. The predicted molar refractivity (Wildman–Crippen MR) is 120 cm³/mol. The van der Waals surface area contributed by atoms with E-state index in [9.17, 15) is 22.0 Å². The van der Waals surface area contributed by atoms with E-state index in [1.807, 2.05) is 0 Å². The molecule has 4 rings (SSSR count). The first-order chi connectivity index (χ1) is 15.8. The Morgan fingerprint density at radius 3 is 2.48 bits per heavy atom. The highest BCUT2D eigenvalue weighted by Crippen LogP contribution is 2.33. The van der Waals surface area contributed by atoms with Gasteiger partial charge in [0.2, 0.25) is 10.0 Å². The van der Waals surface area contributed by atoms with Crippen LogP contribution in [-0.4, -0.2) is 55.8 Å². The number of amides is 1. The van der Waals surface area contributed by atoms with E-state index in [0.717, 1.165) is 25.0 Å². The minimum Gasteiger partial charge on any atom is -0.488 e. The standard InChI is InChI=1S/C24H28F2N2O4S/c1-27-14-6-7-15-28(33(30,31)23-13-12-17(25)16-19(23)26)20-9-3-5-11-22(20)32-21-10-4-2-8-18(21)24(27)29/h2,4,8,10,12-13,16,20,22H,3,5-7,9,11,14-15H2,1H3/t20-,22+/m1/s1. The maximum atomic E-state index is 14.5. The number of rotatable bonds is 2. The highest BCUT2D eigenvalue weighted by molar-refractivity contribution is 7.89. The summed E-state index contributed by atoms with van der Waals surface area (Å²) in [5, 5.41) is 0. The van der Waals surface area contributed by atoms with Crippen LogP contribution in [0.1, 0.15) is 48.9 Å². The largest absolute Gasteiger partial charge is 0.488 e. The summed E-state index contributed by atoms with van der Waals surface area (Å²) in [6.07, 6.45) is 3.42. The Morgan fingerprint density at radius 1 is 0.970 bits per heavy atom. The highest BCUT2D eigenvalue weighted by atomic mass is 32.2. The molecule has 1 fully saturated rings. The van der Waals surface area contributed by atoms with Gasteiger partial charge in [-0.05, 0) is 56.4 Å². The van der Waals surface area contributed by atoms with Crippen molar-refractivity contribution in [2.75, 3.05) is 20.1 Å². The number of benzene rings is 2. The Hall–Kier alpha value is -2.52. The molecule has 9 heteroatoms. The van der Waals surface area contributed by atoms with Crippen molar-refractivity contribution in [2.45, 2.75) is 55.6 Å². The van der Waals surface area contributed by atoms with Crippen molar-refractivity contribution in [1.82, 2.24) is 9.21 Å². The van der Waals surface area contributed by atoms with E-state index < -0.39 is 38.7 Å². The smallest absolute Gasteiger partial charge is 0.257 e. The van der Waals surface area contributed by atoms with Crippen molar-refractivity contribution >= 4 is 15.9 Å². The lowest BCUT2D eigenvalue weighted by molar-refractivity contribution is 0.0657. The number of hydrogen-bond donors (Lipinski definition) is 0. The normalized spacial score (nSPS) is 23.0. The molecule has 1 aliphatic carbocycles. The summed E-state index contributed by atoms with van der Waals surface area (Å²) in [5.41, 5.74) is 0.434. The zero-order chi connectivity index (χ0) is 23.6. The number of fused-ring (bicyclic) bond motifs is 2. The van der Waals surface area contributed by atoms with Crippen LogP contribution in [0.5, 0.6) is 5.75 Å². The lowest BCUT2D eigenvalue weighted by atomic mass is 9.92. The van der Waals surface area contributed by atoms with Crippen LogP contribution < -0.4 is 4.74 Å². The van der Waals surface area contributed by atoms with Crippen LogP contribution in [0.2, 0.25) is 0 Å². The van der Waals surface area contributed by atoms with Gasteiger partial charge in [0, 0.05) is 26.2 Å². The Morgan fingerprint density at radius 2 is 1.70 bits per heavy atom. The van der Waals surface area contributed by atoms with E-state index in [2.05, 4.69) is 0 Å². The highest BCUT2D eigenvalue weighted by Gasteiger charge is 2.40. The molecule has 0 radical (unpaired) electrons. The maximum absolute atomic E-state index is 14.5. The van der Waals surface area contributed by atoms with Gasteiger partial charge in [-0.25, -0.2) is 17.2 Å². The Kier molecular flexibility index (Phi) is 6.99. The van der Waals surface area contributed by atoms with Crippen molar-refractivity contribution in [2.24, 2.45) is 0 Å². The minimum absolute atomic E-state index is 0.142. The van der Waals surface area contributed by atoms with Crippen LogP contribution in [0.4, 0.5) is 8.78 Å². The molecule has 6 nitrogen and oxygen atoms in total. The van der Waals surface area contributed by atoms with Gasteiger partial charge in [0.05, 0.1) is 11.6 Å². The summed E-state index contributed by atoms with van der Waals surface area (Å²) in [6, 6.07) is 8.99. The second kappa shape index (κ2) is 9.77. The predicted octanol–water partition coefficient (Wildman–Crippen LogP) is 4.21. The Labute approximate surface area is 193 Å². The molecule has 2 aliphatic rings. The summed E-state index contributed by atoms with van der Waals surface area (Å²) >= 11 is 0. The van der Waals surface area contributed by atoms with Gasteiger partial charge in [-0.1, -0.05) is 18.6 Å². The number of halogens is 2. The maximum Gasteiger partial charge on any atom is 0.257 e. The molecule has 1 saturated carbocycles. The summed E-state index contributed by atoms with van der Waals surface area (Å²) in [5.74, 6) is -1.66. The van der Waals surface area contributed by atoms with Gasteiger partial charge in [0.25, 0.3) is 5.91 Å². The third kappa shape index (κ3) is 4.89. The molecular formula is C24H28F2N2O4S. The molecule has 2 aromatic carbocycles. The number of sulfonamides is 1. The number of para-hydroxylation sites is 1. The van der Waals surface area contributed by atoms with Crippen LogP contribution in [0.3, 0.4) is 0 Å². The molecule has 1 aliphatic heterocycles. The average Bonchev–Trinajstić information content (AvgIpc) is 2.78. The minimum atomic E-state index is -4.24. The second-order valence-corrected chi connectivity index (χ2v) is 10.5. The second-order valence-electron chi connectivity index (χ2n) is 8.63. The van der Waals surface area contributed by atoms with Gasteiger partial charge >= 0.3 is 0 Å². The van der Waals surface area contributed by atoms with Crippen molar-refractivity contribution in [3.63, 3.8) is 0 Å². The Bertz CT molecular complexity index is 1130. The summed E-state index contributed by atoms with van der Waals surface area (Å²) in [4.78, 5) is 14.0. The molecule has 178 valence electrons. The monoisotopic (exact) mass is 478 g/mol. The first-order valence-corrected chi connectivity index (χ1v) is 12.7. The molecule has 0 spiro atoms. The molecule has 2 atom stereocenters. The number of nitrogens with zero attached hydrogens (tertiary/aromatic N) is 2. The van der Waals surface area contributed by atoms with Gasteiger partial charge in [-0.15, -0.1) is 0 Å². The van der Waals surface area contributed by atoms with Gasteiger partial charge in [-0.2, -0.15) is 4.31 Å². The van der Waals surface area contributed by atoms with Crippen molar-refractivity contribution in [3.05, 3.63) is 59.7 Å². The van der Waals surface area contributed by atoms with Crippen molar-refractivity contribution < 1.29 is 26.7 Å². The molecule has 1 amide bonds.